The van der Waals surface area contributed by atoms with Gasteiger partial charge in [-0.1, -0.05) is 40.2 Å². The lowest BCUT2D eigenvalue weighted by molar-refractivity contribution is 0.477. The Kier molecular flexibility index (Phi) is 5.32. The summed E-state index contributed by atoms with van der Waals surface area (Å²) in [6.07, 6.45) is 0.890. The highest BCUT2D eigenvalue weighted by Crippen LogP contribution is 2.17. The number of halogens is 2. The summed E-state index contributed by atoms with van der Waals surface area (Å²) in [4.78, 5) is 0. The van der Waals surface area contributed by atoms with Gasteiger partial charge in [-0.2, -0.15) is 0 Å². The molecule has 0 amide bonds. The Balaban J connectivity index is 1.92. The third-order valence-corrected chi connectivity index (χ3v) is 3.89. The van der Waals surface area contributed by atoms with Crippen LogP contribution >= 0.6 is 15.9 Å². The van der Waals surface area contributed by atoms with Crippen molar-refractivity contribution in [1.82, 2.24) is 5.32 Å². The van der Waals surface area contributed by atoms with Crippen LogP contribution in [0.15, 0.2) is 53.0 Å². The first-order valence-corrected chi connectivity index (χ1v) is 7.60. The van der Waals surface area contributed by atoms with E-state index >= 15 is 0 Å². The molecule has 0 aromatic heterocycles. The lowest BCUT2D eigenvalue weighted by Gasteiger charge is -2.20. The fraction of sp³-hybridized carbons (Fsp3) is 0.294. The van der Waals surface area contributed by atoms with Crippen LogP contribution in [0.1, 0.15) is 31.0 Å². The summed E-state index contributed by atoms with van der Waals surface area (Å²) in [5.74, 6) is -0.183. The second-order valence-electron chi connectivity index (χ2n) is 5.17. The van der Waals surface area contributed by atoms with Crippen LogP contribution in [0, 0.1) is 5.82 Å². The minimum Gasteiger partial charge on any atom is -0.307 e. The summed E-state index contributed by atoms with van der Waals surface area (Å²) < 4.78 is 14.0. The Hall–Kier alpha value is -1.19. The molecular formula is C17H19BrFN. The van der Waals surface area contributed by atoms with Crippen LogP contribution in [0.4, 0.5) is 4.39 Å². The molecule has 0 saturated carbocycles. The van der Waals surface area contributed by atoms with E-state index in [1.54, 1.807) is 0 Å². The summed E-state index contributed by atoms with van der Waals surface area (Å²) in [6.45, 7) is 4.31. The van der Waals surface area contributed by atoms with Gasteiger partial charge in [0.05, 0.1) is 0 Å². The minimum absolute atomic E-state index is 0.183. The van der Waals surface area contributed by atoms with E-state index < -0.39 is 0 Å². The van der Waals surface area contributed by atoms with Gasteiger partial charge in [-0.3, -0.25) is 0 Å². The second kappa shape index (κ2) is 7.00. The van der Waals surface area contributed by atoms with Gasteiger partial charge in [0.15, 0.2) is 0 Å². The molecule has 106 valence electrons. The quantitative estimate of drug-likeness (QED) is 0.821. The molecule has 2 unspecified atom stereocenters. The van der Waals surface area contributed by atoms with Crippen LogP contribution in [-0.4, -0.2) is 6.04 Å². The molecule has 0 bridgehead atoms. The van der Waals surface area contributed by atoms with Gasteiger partial charge >= 0.3 is 0 Å². The minimum atomic E-state index is -0.183. The fourth-order valence-electron chi connectivity index (χ4n) is 2.31. The van der Waals surface area contributed by atoms with E-state index in [0.717, 1.165) is 16.5 Å². The van der Waals surface area contributed by atoms with Crippen LogP contribution in [0.3, 0.4) is 0 Å². The highest BCUT2D eigenvalue weighted by Gasteiger charge is 2.10. The van der Waals surface area contributed by atoms with Crippen molar-refractivity contribution in [2.24, 2.45) is 0 Å². The van der Waals surface area contributed by atoms with Crippen LogP contribution < -0.4 is 5.32 Å². The Morgan fingerprint density at radius 3 is 2.20 bits per heavy atom. The maximum absolute atomic E-state index is 12.9. The number of nitrogens with one attached hydrogen (secondary N) is 1. The maximum Gasteiger partial charge on any atom is 0.123 e. The van der Waals surface area contributed by atoms with Gasteiger partial charge in [0.1, 0.15) is 5.82 Å². The first kappa shape index (κ1) is 15.2. The lowest BCUT2D eigenvalue weighted by atomic mass is 10.0. The van der Waals surface area contributed by atoms with Crippen molar-refractivity contribution in [2.45, 2.75) is 32.4 Å². The Morgan fingerprint density at radius 2 is 1.60 bits per heavy atom. The standard InChI is InChI=1S/C17H19BrFN/c1-12(11-14-3-9-17(19)10-4-14)20-13(2)15-5-7-16(18)8-6-15/h3-10,12-13,20H,11H2,1-2H3. The van der Waals surface area contributed by atoms with E-state index in [0.29, 0.717) is 12.1 Å². The number of hydrogen-bond acceptors (Lipinski definition) is 1. The summed E-state index contributed by atoms with van der Waals surface area (Å²) in [6, 6.07) is 15.7. The van der Waals surface area contributed by atoms with Crippen LogP contribution in [0.2, 0.25) is 0 Å². The molecule has 0 radical (unpaired) electrons. The molecule has 2 atom stereocenters. The number of benzene rings is 2. The van der Waals surface area contributed by atoms with Crippen LogP contribution in [0.25, 0.3) is 0 Å². The molecule has 20 heavy (non-hydrogen) atoms. The Morgan fingerprint density at radius 1 is 1.00 bits per heavy atom. The molecule has 2 rings (SSSR count). The van der Waals surface area contributed by atoms with Crippen molar-refractivity contribution in [1.29, 1.82) is 0 Å². The normalized spacial score (nSPS) is 14.0. The molecule has 1 N–H and O–H groups in total. The van der Waals surface area contributed by atoms with Crippen molar-refractivity contribution in [3.05, 3.63) is 69.9 Å². The smallest absolute Gasteiger partial charge is 0.123 e. The van der Waals surface area contributed by atoms with Crippen molar-refractivity contribution in [2.75, 3.05) is 0 Å². The second-order valence-corrected chi connectivity index (χ2v) is 6.09. The average molecular weight is 336 g/mol. The van der Waals surface area contributed by atoms with Gasteiger partial charge in [0, 0.05) is 16.6 Å². The van der Waals surface area contributed by atoms with Gasteiger partial charge in [-0.15, -0.1) is 0 Å². The zero-order valence-corrected chi connectivity index (χ0v) is 13.3. The molecule has 0 saturated heterocycles. The number of hydrogen-bond donors (Lipinski definition) is 1. The Labute approximate surface area is 128 Å². The average Bonchev–Trinajstić information content (AvgIpc) is 2.42. The topological polar surface area (TPSA) is 12.0 Å². The zero-order chi connectivity index (χ0) is 14.5. The molecule has 2 aromatic rings. The molecule has 0 spiro atoms. The van der Waals surface area contributed by atoms with Crippen molar-refractivity contribution in [3.8, 4) is 0 Å². The molecule has 0 aliphatic heterocycles. The predicted octanol–water partition coefficient (Wildman–Crippen LogP) is 4.87. The van der Waals surface area contributed by atoms with E-state index in [1.807, 2.05) is 12.1 Å². The van der Waals surface area contributed by atoms with Gasteiger partial charge in [0.2, 0.25) is 0 Å². The summed E-state index contributed by atoms with van der Waals surface area (Å²) in [5, 5.41) is 3.57. The molecule has 2 aromatic carbocycles. The fourth-order valence-corrected chi connectivity index (χ4v) is 2.57. The van der Waals surface area contributed by atoms with Gasteiger partial charge in [-0.25, -0.2) is 4.39 Å². The first-order chi connectivity index (χ1) is 9.54. The van der Waals surface area contributed by atoms with Gasteiger partial charge in [0.25, 0.3) is 0 Å². The summed E-state index contributed by atoms with van der Waals surface area (Å²) in [7, 11) is 0. The Bertz CT molecular complexity index is 536. The van der Waals surface area contributed by atoms with Gasteiger partial charge in [-0.05, 0) is 55.7 Å². The van der Waals surface area contributed by atoms with E-state index in [2.05, 4.69) is 59.4 Å². The highest BCUT2D eigenvalue weighted by atomic mass is 79.9. The van der Waals surface area contributed by atoms with Gasteiger partial charge < -0.3 is 5.32 Å². The first-order valence-electron chi connectivity index (χ1n) is 6.80. The van der Waals surface area contributed by atoms with Crippen molar-refractivity contribution < 1.29 is 4.39 Å². The maximum atomic E-state index is 12.9. The van der Waals surface area contributed by atoms with E-state index in [-0.39, 0.29) is 5.82 Å². The molecule has 0 aliphatic carbocycles. The molecule has 0 aliphatic rings. The highest BCUT2D eigenvalue weighted by molar-refractivity contribution is 9.10. The summed E-state index contributed by atoms with van der Waals surface area (Å²) >= 11 is 3.44. The lowest BCUT2D eigenvalue weighted by Crippen LogP contribution is -2.30. The third kappa shape index (κ3) is 4.43. The van der Waals surface area contributed by atoms with E-state index in [1.165, 1.54) is 17.7 Å². The van der Waals surface area contributed by atoms with Crippen LogP contribution in [-0.2, 0) is 6.42 Å². The SMILES string of the molecule is CC(Cc1ccc(F)cc1)NC(C)c1ccc(Br)cc1. The molecule has 3 heteroatoms. The molecule has 0 heterocycles. The third-order valence-electron chi connectivity index (χ3n) is 3.36. The van der Waals surface area contributed by atoms with Crippen LogP contribution in [0.5, 0.6) is 0 Å². The van der Waals surface area contributed by atoms with Crippen molar-refractivity contribution in [3.63, 3.8) is 0 Å². The molecular weight excluding hydrogens is 317 g/mol. The predicted molar refractivity (Wildman–Crippen MR) is 85.3 cm³/mol. The molecule has 1 nitrogen and oxygen atoms in total. The summed E-state index contributed by atoms with van der Waals surface area (Å²) in [5.41, 5.74) is 2.41. The number of rotatable bonds is 5. The van der Waals surface area contributed by atoms with E-state index in [4.69, 9.17) is 0 Å². The van der Waals surface area contributed by atoms with E-state index in [9.17, 15) is 4.39 Å². The zero-order valence-electron chi connectivity index (χ0n) is 11.7. The van der Waals surface area contributed by atoms with Crippen molar-refractivity contribution >= 4 is 15.9 Å². The monoisotopic (exact) mass is 335 g/mol. The largest absolute Gasteiger partial charge is 0.307 e. The molecule has 0 fully saturated rings.